The Balaban J connectivity index is 1.29. The van der Waals surface area contributed by atoms with E-state index in [-0.39, 0.29) is 35.2 Å². The van der Waals surface area contributed by atoms with Crippen LogP contribution in [-0.4, -0.2) is 44.2 Å². The fraction of sp³-hybridized carbons (Fsp3) is 0.621. The van der Waals surface area contributed by atoms with Gasteiger partial charge < -0.3 is 10.0 Å². The average Bonchev–Trinajstić information content (AvgIpc) is 2.85. The van der Waals surface area contributed by atoms with E-state index in [1.165, 1.54) is 55.1 Å². The molecule has 1 spiro atoms. The fourth-order valence-corrected chi connectivity index (χ4v) is 6.82. The average molecular weight is 496 g/mol. The molecule has 1 aromatic heterocycles. The summed E-state index contributed by atoms with van der Waals surface area (Å²) < 4.78 is 15.6. The van der Waals surface area contributed by atoms with E-state index >= 15 is 0 Å². The van der Waals surface area contributed by atoms with Gasteiger partial charge in [0.15, 0.2) is 0 Å². The molecule has 194 valence electrons. The summed E-state index contributed by atoms with van der Waals surface area (Å²) in [6.07, 6.45) is 11.9. The number of halogens is 1. The van der Waals surface area contributed by atoms with E-state index in [2.05, 4.69) is 11.9 Å². The third-order valence-corrected chi connectivity index (χ3v) is 9.19. The highest BCUT2D eigenvalue weighted by atomic mass is 19.1. The minimum Gasteiger partial charge on any atom is -0.387 e. The molecular weight excluding hydrogens is 457 g/mol. The molecule has 2 aromatic rings. The Labute approximate surface area is 212 Å². The Kier molecular flexibility index (Phi) is 7.03. The van der Waals surface area contributed by atoms with Crippen LogP contribution in [0.25, 0.3) is 11.3 Å². The number of carbonyl (C=O) groups excluding carboxylic acids is 1. The lowest BCUT2D eigenvalue weighted by atomic mass is 9.55. The van der Waals surface area contributed by atoms with Gasteiger partial charge >= 0.3 is 0 Å². The third kappa shape index (κ3) is 4.74. The second-order valence-electron chi connectivity index (χ2n) is 11.5. The van der Waals surface area contributed by atoms with Crippen molar-refractivity contribution < 1.29 is 14.3 Å². The number of hydrogen-bond donors (Lipinski definition) is 1. The normalized spacial score (nSPS) is 24.9. The Morgan fingerprint density at radius 3 is 2.58 bits per heavy atom. The number of hydrogen-bond acceptors (Lipinski definition) is 4. The Morgan fingerprint density at radius 2 is 1.92 bits per heavy atom. The minimum atomic E-state index is -1.08. The fourth-order valence-electron chi connectivity index (χ4n) is 6.82. The van der Waals surface area contributed by atoms with Crippen molar-refractivity contribution in [1.29, 1.82) is 0 Å². The molecule has 0 bridgehead atoms. The maximum absolute atomic E-state index is 14.2. The van der Waals surface area contributed by atoms with Crippen molar-refractivity contribution >= 4 is 5.91 Å². The van der Waals surface area contributed by atoms with Gasteiger partial charge in [0.05, 0.1) is 24.2 Å². The smallest absolute Gasteiger partial charge is 0.253 e. The lowest BCUT2D eigenvalue weighted by molar-refractivity contribution is -0.187. The zero-order chi connectivity index (χ0) is 25.3. The second kappa shape index (κ2) is 10.1. The molecule has 1 saturated heterocycles. The summed E-state index contributed by atoms with van der Waals surface area (Å²) >= 11 is 0. The van der Waals surface area contributed by atoms with Gasteiger partial charge in [0.1, 0.15) is 5.82 Å². The summed E-state index contributed by atoms with van der Waals surface area (Å²) in [6, 6.07) is 7.58. The molecule has 3 aliphatic rings. The van der Waals surface area contributed by atoms with Gasteiger partial charge in [-0.15, -0.1) is 0 Å². The van der Waals surface area contributed by atoms with Crippen molar-refractivity contribution in [3.05, 3.63) is 52.8 Å². The van der Waals surface area contributed by atoms with Gasteiger partial charge in [-0.25, -0.2) is 9.37 Å². The Hall–Kier alpha value is -2.54. The molecule has 1 amide bonds. The van der Waals surface area contributed by atoms with Gasteiger partial charge in [-0.1, -0.05) is 57.6 Å². The molecule has 2 heterocycles. The zero-order valence-corrected chi connectivity index (χ0v) is 21.3. The standard InChI is InChI=1S/C29H38FN3O3/c1-21(16-22-8-3-2-4-9-22)27(35)32-15-14-29(36,28(18-32)12-7-13-28)19-33-20-31-25(17-26(33)34)23-10-5-6-11-24(23)30/h5-6,10-11,17,20-22,36H,2-4,7-9,12-16,18-19H2,1H3/t21-,29?/m1/s1. The zero-order valence-electron chi connectivity index (χ0n) is 21.3. The van der Waals surface area contributed by atoms with Gasteiger partial charge in [-0.3, -0.25) is 14.2 Å². The molecule has 36 heavy (non-hydrogen) atoms. The molecule has 1 unspecified atom stereocenters. The van der Waals surface area contributed by atoms with E-state index in [4.69, 9.17) is 0 Å². The summed E-state index contributed by atoms with van der Waals surface area (Å²) in [5.41, 5.74) is -1.22. The van der Waals surface area contributed by atoms with Crippen LogP contribution in [-0.2, 0) is 11.3 Å². The number of amides is 1. The number of rotatable bonds is 6. The first-order chi connectivity index (χ1) is 17.3. The number of likely N-dealkylation sites (tertiary alicyclic amines) is 1. The summed E-state index contributed by atoms with van der Waals surface area (Å²) in [6.45, 7) is 3.25. The van der Waals surface area contributed by atoms with Crippen LogP contribution in [0.5, 0.6) is 0 Å². The lowest BCUT2D eigenvalue weighted by Gasteiger charge is -2.58. The predicted octanol–water partition coefficient (Wildman–Crippen LogP) is 4.79. The molecule has 1 aliphatic heterocycles. The van der Waals surface area contributed by atoms with E-state index < -0.39 is 16.8 Å². The Morgan fingerprint density at radius 1 is 1.17 bits per heavy atom. The molecule has 2 atom stereocenters. The first kappa shape index (κ1) is 25.1. The van der Waals surface area contributed by atoms with Crippen LogP contribution < -0.4 is 5.56 Å². The van der Waals surface area contributed by atoms with Crippen LogP contribution in [0.15, 0.2) is 41.5 Å². The highest BCUT2D eigenvalue weighted by Gasteiger charge is 2.57. The summed E-state index contributed by atoms with van der Waals surface area (Å²) in [4.78, 5) is 32.6. The Bertz CT molecular complexity index is 1150. The van der Waals surface area contributed by atoms with E-state index in [9.17, 15) is 19.1 Å². The SMILES string of the molecule is C[C@H](CC1CCCCC1)C(=O)N1CCC(O)(Cn2cnc(-c3ccccc3F)cc2=O)C2(CCC2)C1. The highest BCUT2D eigenvalue weighted by molar-refractivity contribution is 5.78. The van der Waals surface area contributed by atoms with E-state index in [1.54, 1.807) is 18.2 Å². The summed E-state index contributed by atoms with van der Waals surface area (Å²) in [5.74, 6) is 0.448. The molecule has 7 heteroatoms. The van der Waals surface area contributed by atoms with Crippen LogP contribution >= 0.6 is 0 Å². The molecule has 5 rings (SSSR count). The van der Waals surface area contributed by atoms with Crippen LogP contribution in [0.4, 0.5) is 4.39 Å². The van der Waals surface area contributed by atoms with Crippen molar-refractivity contribution in [1.82, 2.24) is 14.5 Å². The van der Waals surface area contributed by atoms with Crippen molar-refractivity contribution in [3.63, 3.8) is 0 Å². The van der Waals surface area contributed by atoms with Gasteiger partial charge in [0, 0.05) is 36.1 Å². The lowest BCUT2D eigenvalue weighted by Crippen LogP contribution is -2.66. The van der Waals surface area contributed by atoms with Gasteiger partial charge in [-0.05, 0) is 43.7 Å². The maximum Gasteiger partial charge on any atom is 0.253 e. The van der Waals surface area contributed by atoms with Gasteiger partial charge in [-0.2, -0.15) is 0 Å². The van der Waals surface area contributed by atoms with Crippen LogP contribution in [0.2, 0.25) is 0 Å². The van der Waals surface area contributed by atoms with Crippen LogP contribution in [0.3, 0.4) is 0 Å². The summed E-state index contributed by atoms with van der Waals surface area (Å²) in [7, 11) is 0. The summed E-state index contributed by atoms with van der Waals surface area (Å²) in [5, 5.41) is 11.9. The number of benzene rings is 1. The number of aromatic nitrogens is 2. The molecular formula is C29H38FN3O3. The number of piperidine rings is 1. The van der Waals surface area contributed by atoms with Crippen molar-refractivity contribution in [2.45, 2.75) is 83.3 Å². The van der Waals surface area contributed by atoms with E-state index in [0.29, 0.717) is 25.4 Å². The molecule has 2 saturated carbocycles. The quantitative estimate of drug-likeness (QED) is 0.625. The van der Waals surface area contributed by atoms with Gasteiger partial charge in [0.25, 0.3) is 5.56 Å². The van der Waals surface area contributed by atoms with Crippen LogP contribution in [0, 0.1) is 23.1 Å². The third-order valence-electron chi connectivity index (χ3n) is 9.19. The van der Waals surface area contributed by atoms with Crippen molar-refractivity contribution in [3.8, 4) is 11.3 Å². The number of nitrogens with zero attached hydrogens (tertiary/aromatic N) is 3. The van der Waals surface area contributed by atoms with E-state index in [1.807, 2.05) is 4.90 Å². The second-order valence-corrected chi connectivity index (χ2v) is 11.5. The molecule has 1 aromatic carbocycles. The van der Waals surface area contributed by atoms with Crippen LogP contribution in [0.1, 0.15) is 71.1 Å². The first-order valence-electron chi connectivity index (χ1n) is 13.6. The van der Waals surface area contributed by atoms with E-state index in [0.717, 1.165) is 25.7 Å². The number of carbonyl (C=O) groups is 1. The predicted molar refractivity (Wildman–Crippen MR) is 137 cm³/mol. The topological polar surface area (TPSA) is 75.4 Å². The minimum absolute atomic E-state index is 0.00849. The first-order valence-corrected chi connectivity index (χ1v) is 13.6. The highest BCUT2D eigenvalue weighted by Crippen LogP contribution is 2.54. The monoisotopic (exact) mass is 495 g/mol. The van der Waals surface area contributed by atoms with Crippen molar-refractivity contribution in [2.24, 2.45) is 17.3 Å². The van der Waals surface area contributed by atoms with Crippen molar-refractivity contribution in [2.75, 3.05) is 13.1 Å². The molecule has 0 radical (unpaired) electrons. The molecule has 6 nitrogen and oxygen atoms in total. The largest absolute Gasteiger partial charge is 0.387 e. The maximum atomic E-state index is 14.2. The van der Waals surface area contributed by atoms with Gasteiger partial charge in [0.2, 0.25) is 5.91 Å². The molecule has 2 aliphatic carbocycles. The number of aliphatic hydroxyl groups is 1. The molecule has 3 fully saturated rings. The molecule has 1 N–H and O–H groups in total.